The van der Waals surface area contributed by atoms with E-state index < -0.39 is 5.82 Å². The van der Waals surface area contributed by atoms with E-state index in [4.69, 9.17) is 4.74 Å². The number of rotatable bonds is 11. The van der Waals surface area contributed by atoms with E-state index in [9.17, 15) is 9.18 Å². The Morgan fingerprint density at radius 1 is 1.10 bits per heavy atom. The Morgan fingerprint density at radius 3 is 2.83 bits per heavy atom. The first-order chi connectivity index (χ1) is 14.7. The number of ether oxygens (including phenoxy) is 1. The summed E-state index contributed by atoms with van der Waals surface area (Å²) in [6.45, 7) is 4.28. The van der Waals surface area contributed by atoms with Crippen LogP contribution in [0.3, 0.4) is 0 Å². The van der Waals surface area contributed by atoms with Crippen LogP contribution < -0.4 is 10.1 Å². The van der Waals surface area contributed by atoms with Crippen LogP contribution >= 0.6 is 0 Å². The zero-order valence-electron chi connectivity index (χ0n) is 17.1. The van der Waals surface area contributed by atoms with Crippen molar-refractivity contribution in [3.05, 3.63) is 84.3 Å². The van der Waals surface area contributed by atoms with Crippen LogP contribution in [0.2, 0.25) is 0 Å². The minimum Gasteiger partial charge on any atom is -0.491 e. The first-order valence-electron chi connectivity index (χ1n) is 10.3. The summed E-state index contributed by atoms with van der Waals surface area (Å²) < 4.78 is 20.3. The van der Waals surface area contributed by atoms with E-state index in [-0.39, 0.29) is 18.2 Å². The third kappa shape index (κ3) is 5.89. The second-order valence-corrected chi connectivity index (χ2v) is 7.16. The number of hydrogen-bond donors (Lipinski definition) is 1. The van der Waals surface area contributed by atoms with Gasteiger partial charge >= 0.3 is 0 Å². The SMILES string of the molecule is C=CCCCCCCOc1cccc(CNC(=O)c2ccc3ncccc3c2)c1F. The second kappa shape index (κ2) is 11.1. The van der Waals surface area contributed by atoms with E-state index in [1.54, 1.807) is 42.6 Å². The molecule has 30 heavy (non-hydrogen) atoms. The number of halogens is 1. The second-order valence-electron chi connectivity index (χ2n) is 7.16. The quantitative estimate of drug-likeness (QED) is 0.322. The summed E-state index contributed by atoms with van der Waals surface area (Å²) in [5.41, 5.74) is 1.74. The Balaban J connectivity index is 1.52. The molecule has 0 fully saturated rings. The van der Waals surface area contributed by atoms with E-state index in [0.29, 0.717) is 17.7 Å². The van der Waals surface area contributed by atoms with Crippen LogP contribution in [0.25, 0.3) is 10.9 Å². The number of nitrogens with one attached hydrogen (secondary N) is 1. The monoisotopic (exact) mass is 406 g/mol. The number of hydrogen-bond acceptors (Lipinski definition) is 3. The average Bonchev–Trinajstić information content (AvgIpc) is 2.78. The molecule has 156 valence electrons. The van der Waals surface area contributed by atoms with Gasteiger partial charge in [-0.3, -0.25) is 9.78 Å². The lowest BCUT2D eigenvalue weighted by Crippen LogP contribution is -2.23. The molecule has 0 aliphatic carbocycles. The number of fused-ring (bicyclic) bond motifs is 1. The lowest BCUT2D eigenvalue weighted by molar-refractivity contribution is 0.0950. The fourth-order valence-corrected chi connectivity index (χ4v) is 3.23. The fourth-order valence-electron chi connectivity index (χ4n) is 3.23. The molecule has 1 aromatic heterocycles. The molecule has 0 aliphatic heterocycles. The molecular weight excluding hydrogens is 379 g/mol. The summed E-state index contributed by atoms with van der Waals surface area (Å²) in [6, 6.07) is 14.0. The number of aromatic nitrogens is 1. The highest BCUT2D eigenvalue weighted by Crippen LogP contribution is 2.21. The van der Waals surface area contributed by atoms with Crippen LogP contribution in [-0.2, 0) is 6.54 Å². The van der Waals surface area contributed by atoms with Crippen molar-refractivity contribution in [2.45, 2.75) is 38.6 Å². The van der Waals surface area contributed by atoms with Crippen molar-refractivity contribution in [2.24, 2.45) is 0 Å². The van der Waals surface area contributed by atoms with Gasteiger partial charge < -0.3 is 10.1 Å². The van der Waals surface area contributed by atoms with Crippen LogP contribution in [-0.4, -0.2) is 17.5 Å². The predicted octanol–water partition coefficient (Wildman–Crippen LogP) is 5.82. The molecule has 0 saturated heterocycles. The number of pyridine rings is 1. The van der Waals surface area contributed by atoms with Crippen molar-refractivity contribution in [3.63, 3.8) is 0 Å². The summed E-state index contributed by atoms with van der Waals surface area (Å²) in [5.74, 6) is -0.456. The highest BCUT2D eigenvalue weighted by molar-refractivity contribution is 5.97. The van der Waals surface area contributed by atoms with Crippen molar-refractivity contribution in [1.82, 2.24) is 10.3 Å². The van der Waals surface area contributed by atoms with Crippen molar-refractivity contribution < 1.29 is 13.9 Å². The summed E-state index contributed by atoms with van der Waals surface area (Å²) >= 11 is 0. The number of unbranched alkanes of at least 4 members (excludes halogenated alkanes) is 4. The maximum Gasteiger partial charge on any atom is 0.251 e. The largest absolute Gasteiger partial charge is 0.491 e. The van der Waals surface area contributed by atoms with Crippen molar-refractivity contribution in [2.75, 3.05) is 6.61 Å². The number of amides is 1. The standard InChI is InChI=1S/C25H27FN2O2/c1-2-3-4-5-6-7-16-30-23-12-8-10-21(24(23)26)18-28-25(29)20-13-14-22-19(17-20)11-9-15-27-22/h2,8-15,17H,1,3-7,16,18H2,(H,28,29). The van der Waals surface area contributed by atoms with Crippen LogP contribution in [0.1, 0.15) is 48.0 Å². The smallest absolute Gasteiger partial charge is 0.251 e. The molecule has 4 nitrogen and oxygen atoms in total. The van der Waals surface area contributed by atoms with Crippen molar-refractivity contribution in [1.29, 1.82) is 0 Å². The number of carbonyl (C=O) groups is 1. The predicted molar refractivity (Wildman–Crippen MR) is 118 cm³/mol. The van der Waals surface area contributed by atoms with E-state index in [1.807, 2.05) is 18.2 Å². The summed E-state index contributed by atoms with van der Waals surface area (Å²) in [6.07, 6.45) is 8.84. The third-order valence-electron chi connectivity index (χ3n) is 4.91. The van der Waals surface area contributed by atoms with Gasteiger partial charge in [-0.25, -0.2) is 4.39 Å². The Hall–Kier alpha value is -3.21. The van der Waals surface area contributed by atoms with Crippen LogP contribution in [0.15, 0.2) is 67.4 Å². The topological polar surface area (TPSA) is 51.2 Å². The molecule has 0 aliphatic rings. The molecule has 3 rings (SSSR count). The summed E-state index contributed by atoms with van der Waals surface area (Å²) in [5, 5.41) is 3.67. The summed E-state index contributed by atoms with van der Waals surface area (Å²) in [7, 11) is 0. The van der Waals surface area contributed by atoms with Gasteiger partial charge in [-0.2, -0.15) is 0 Å². The molecule has 1 amide bonds. The Kier molecular flexibility index (Phi) is 7.95. The number of nitrogens with zero attached hydrogens (tertiary/aromatic N) is 1. The third-order valence-corrected chi connectivity index (χ3v) is 4.91. The lowest BCUT2D eigenvalue weighted by Gasteiger charge is -2.11. The molecule has 2 aromatic carbocycles. The van der Waals surface area contributed by atoms with Crippen molar-refractivity contribution >= 4 is 16.8 Å². The molecular formula is C25H27FN2O2. The molecule has 1 N–H and O–H groups in total. The van der Waals surface area contributed by atoms with Gasteiger partial charge in [-0.05, 0) is 49.6 Å². The zero-order chi connectivity index (χ0) is 21.2. The fraction of sp³-hybridized carbons (Fsp3) is 0.280. The first kappa shape index (κ1) is 21.5. The number of benzene rings is 2. The maximum atomic E-state index is 14.7. The molecule has 0 atom stereocenters. The molecule has 0 saturated carbocycles. The summed E-state index contributed by atoms with van der Waals surface area (Å²) in [4.78, 5) is 16.7. The van der Waals surface area contributed by atoms with E-state index in [1.165, 1.54) is 0 Å². The van der Waals surface area contributed by atoms with Gasteiger partial charge in [-0.1, -0.05) is 37.1 Å². The van der Waals surface area contributed by atoms with Gasteiger partial charge in [0.1, 0.15) is 0 Å². The Bertz CT molecular complexity index is 1000. The minimum absolute atomic E-state index is 0.0918. The lowest BCUT2D eigenvalue weighted by atomic mass is 10.1. The molecule has 0 spiro atoms. The van der Waals surface area contributed by atoms with Gasteiger partial charge in [-0.15, -0.1) is 6.58 Å². The highest BCUT2D eigenvalue weighted by Gasteiger charge is 2.12. The van der Waals surface area contributed by atoms with Gasteiger partial charge in [0.25, 0.3) is 5.91 Å². The number of carbonyl (C=O) groups excluding carboxylic acids is 1. The normalized spacial score (nSPS) is 10.7. The van der Waals surface area contributed by atoms with Crippen LogP contribution in [0.4, 0.5) is 4.39 Å². The zero-order valence-corrected chi connectivity index (χ0v) is 17.1. The van der Waals surface area contributed by atoms with E-state index >= 15 is 0 Å². The van der Waals surface area contributed by atoms with Gasteiger partial charge in [0.15, 0.2) is 11.6 Å². The number of allylic oxidation sites excluding steroid dienone is 1. The Morgan fingerprint density at radius 2 is 1.97 bits per heavy atom. The van der Waals surface area contributed by atoms with Gasteiger partial charge in [0.2, 0.25) is 0 Å². The minimum atomic E-state index is -0.424. The molecule has 0 radical (unpaired) electrons. The van der Waals surface area contributed by atoms with Crippen LogP contribution in [0, 0.1) is 5.82 Å². The maximum absolute atomic E-state index is 14.7. The van der Waals surface area contributed by atoms with E-state index in [0.717, 1.165) is 43.0 Å². The molecule has 3 aromatic rings. The highest BCUT2D eigenvalue weighted by atomic mass is 19.1. The van der Waals surface area contributed by atoms with Crippen LogP contribution in [0.5, 0.6) is 5.75 Å². The van der Waals surface area contributed by atoms with Gasteiger partial charge in [0.05, 0.1) is 12.1 Å². The molecule has 1 heterocycles. The molecule has 5 heteroatoms. The first-order valence-corrected chi connectivity index (χ1v) is 10.3. The Labute approximate surface area is 176 Å². The molecule has 0 bridgehead atoms. The van der Waals surface area contributed by atoms with Crippen molar-refractivity contribution in [3.8, 4) is 5.75 Å². The average molecular weight is 407 g/mol. The molecule has 0 unspecified atom stereocenters. The van der Waals surface area contributed by atoms with E-state index in [2.05, 4.69) is 16.9 Å². The van der Waals surface area contributed by atoms with Gasteiger partial charge in [0, 0.05) is 29.3 Å².